The van der Waals surface area contributed by atoms with Crippen LogP contribution in [0.15, 0.2) is 48.5 Å². The fourth-order valence-corrected chi connectivity index (χ4v) is 2.29. The number of rotatable bonds is 4. The van der Waals surface area contributed by atoms with Crippen molar-refractivity contribution in [3.8, 4) is 5.75 Å². The number of aromatic hydroxyl groups is 1. The van der Waals surface area contributed by atoms with Gasteiger partial charge in [0.15, 0.2) is 0 Å². The Morgan fingerprint density at radius 2 is 1.63 bits per heavy atom. The van der Waals surface area contributed by atoms with Crippen LogP contribution in [-0.2, 0) is 0 Å². The number of phenols is 1. The van der Waals surface area contributed by atoms with Gasteiger partial charge in [0.05, 0.1) is 6.04 Å². The molecular formula is C16H18FNO. The SMILES string of the molecule is CC[C@@H](c1ccc(O)cc1)N(C)c1ccc(F)cc1. The first-order valence-electron chi connectivity index (χ1n) is 6.39. The van der Waals surface area contributed by atoms with Crippen LogP contribution in [0.4, 0.5) is 10.1 Å². The van der Waals surface area contributed by atoms with Crippen molar-refractivity contribution in [2.75, 3.05) is 11.9 Å². The molecule has 0 aliphatic rings. The van der Waals surface area contributed by atoms with Gasteiger partial charge in [0.1, 0.15) is 11.6 Å². The van der Waals surface area contributed by atoms with Crippen molar-refractivity contribution in [1.82, 2.24) is 0 Å². The Morgan fingerprint density at radius 3 is 2.16 bits per heavy atom. The van der Waals surface area contributed by atoms with Gasteiger partial charge in [-0.3, -0.25) is 0 Å². The van der Waals surface area contributed by atoms with Gasteiger partial charge in [-0.1, -0.05) is 19.1 Å². The van der Waals surface area contributed by atoms with E-state index in [1.54, 1.807) is 24.3 Å². The Bertz CT molecular complexity index is 521. The third-order valence-corrected chi connectivity index (χ3v) is 3.37. The van der Waals surface area contributed by atoms with Crippen molar-refractivity contribution in [2.45, 2.75) is 19.4 Å². The highest BCUT2D eigenvalue weighted by Crippen LogP contribution is 2.29. The Balaban J connectivity index is 2.26. The van der Waals surface area contributed by atoms with E-state index in [1.165, 1.54) is 12.1 Å². The predicted molar refractivity (Wildman–Crippen MR) is 75.9 cm³/mol. The summed E-state index contributed by atoms with van der Waals surface area (Å²) in [5.74, 6) is 0.0397. The highest BCUT2D eigenvalue weighted by atomic mass is 19.1. The largest absolute Gasteiger partial charge is 0.508 e. The standard InChI is InChI=1S/C16H18FNO/c1-3-16(12-4-10-15(19)11-5-12)18(2)14-8-6-13(17)7-9-14/h4-11,16,19H,3H2,1-2H3/t16-/m0/s1. The van der Waals surface area contributed by atoms with Gasteiger partial charge in [0.25, 0.3) is 0 Å². The van der Waals surface area contributed by atoms with Crippen molar-refractivity contribution < 1.29 is 9.50 Å². The second-order valence-corrected chi connectivity index (χ2v) is 4.60. The molecule has 0 radical (unpaired) electrons. The summed E-state index contributed by atoms with van der Waals surface area (Å²) < 4.78 is 13.0. The highest BCUT2D eigenvalue weighted by Gasteiger charge is 2.15. The second-order valence-electron chi connectivity index (χ2n) is 4.60. The smallest absolute Gasteiger partial charge is 0.123 e. The first kappa shape index (κ1) is 13.4. The first-order valence-corrected chi connectivity index (χ1v) is 6.39. The molecule has 2 aromatic carbocycles. The molecule has 100 valence electrons. The molecule has 0 aliphatic carbocycles. The molecule has 19 heavy (non-hydrogen) atoms. The summed E-state index contributed by atoms with van der Waals surface area (Å²) in [6.07, 6.45) is 0.929. The van der Waals surface area contributed by atoms with Crippen LogP contribution in [0.1, 0.15) is 24.9 Å². The van der Waals surface area contributed by atoms with Gasteiger partial charge in [-0.2, -0.15) is 0 Å². The van der Waals surface area contributed by atoms with Crippen molar-refractivity contribution >= 4 is 5.69 Å². The van der Waals surface area contributed by atoms with Gasteiger partial charge in [0.2, 0.25) is 0 Å². The van der Waals surface area contributed by atoms with Crippen LogP contribution in [0.2, 0.25) is 0 Å². The van der Waals surface area contributed by atoms with Crippen LogP contribution in [0, 0.1) is 5.82 Å². The minimum atomic E-state index is -0.227. The maximum absolute atomic E-state index is 13.0. The lowest BCUT2D eigenvalue weighted by Crippen LogP contribution is -2.23. The van der Waals surface area contributed by atoms with Crippen LogP contribution in [0.3, 0.4) is 0 Å². The van der Waals surface area contributed by atoms with Crippen LogP contribution in [0.25, 0.3) is 0 Å². The molecule has 0 aliphatic heterocycles. The van der Waals surface area contributed by atoms with Crippen molar-refractivity contribution in [3.05, 3.63) is 59.9 Å². The molecule has 0 amide bonds. The second kappa shape index (κ2) is 5.74. The summed E-state index contributed by atoms with van der Waals surface area (Å²) in [7, 11) is 1.99. The number of phenolic OH excluding ortho intramolecular Hbond substituents is 1. The summed E-state index contributed by atoms with van der Waals surface area (Å²) in [5.41, 5.74) is 2.11. The van der Waals surface area contributed by atoms with Crippen LogP contribution < -0.4 is 4.90 Å². The molecule has 2 rings (SSSR count). The molecule has 2 aromatic rings. The van der Waals surface area contributed by atoms with Crippen molar-refractivity contribution in [2.24, 2.45) is 0 Å². The molecule has 0 saturated carbocycles. The molecule has 2 nitrogen and oxygen atoms in total. The van der Waals surface area contributed by atoms with E-state index in [4.69, 9.17) is 0 Å². The average molecular weight is 259 g/mol. The van der Waals surface area contributed by atoms with Gasteiger partial charge in [0, 0.05) is 12.7 Å². The molecule has 0 fully saturated rings. The van der Waals surface area contributed by atoms with E-state index in [0.717, 1.165) is 17.7 Å². The van der Waals surface area contributed by atoms with E-state index in [0.29, 0.717) is 0 Å². The van der Waals surface area contributed by atoms with Crippen LogP contribution in [0.5, 0.6) is 5.75 Å². The number of nitrogens with zero attached hydrogens (tertiary/aromatic N) is 1. The maximum atomic E-state index is 13.0. The quantitative estimate of drug-likeness (QED) is 0.892. The van der Waals surface area contributed by atoms with Crippen LogP contribution in [-0.4, -0.2) is 12.2 Å². The average Bonchev–Trinajstić information content (AvgIpc) is 2.42. The van der Waals surface area contributed by atoms with Crippen molar-refractivity contribution in [1.29, 1.82) is 0 Å². The number of halogens is 1. The fourth-order valence-electron chi connectivity index (χ4n) is 2.29. The topological polar surface area (TPSA) is 23.5 Å². The number of hydrogen-bond donors (Lipinski definition) is 1. The number of hydrogen-bond acceptors (Lipinski definition) is 2. The van der Waals surface area contributed by atoms with Gasteiger partial charge < -0.3 is 10.0 Å². The minimum Gasteiger partial charge on any atom is -0.508 e. The lowest BCUT2D eigenvalue weighted by atomic mass is 10.0. The molecule has 0 bridgehead atoms. The Kier molecular flexibility index (Phi) is 4.05. The zero-order valence-electron chi connectivity index (χ0n) is 11.2. The molecule has 0 spiro atoms. The number of benzene rings is 2. The highest BCUT2D eigenvalue weighted by molar-refractivity contribution is 5.48. The molecule has 1 N–H and O–H groups in total. The van der Waals surface area contributed by atoms with E-state index < -0.39 is 0 Å². The molecular weight excluding hydrogens is 241 g/mol. The van der Waals surface area contributed by atoms with E-state index in [2.05, 4.69) is 11.8 Å². The van der Waals surface area contributed by atoms with E-state index in [1.807, 2.05) is 19.2 Å². The lowest BCUT2D eigenvalue weighted by molar-refractivity contribution is 0.474. The molecule has 0 unspecified atom stereocenters. The molecule has 0 aromatic heterocycles. The minimum absolute atomic E-state index is 0.200. The predicted octanol–water partition coefficient (Wildman–Crippen LogP) is 4.12. The Hall–Kier alpha value is -2.03. The number of anilines is 1. The van der Waals surface area contributed by atoms with E-state index in [-0.39, 0.29) is 17.6 Å². The third-order valence-electron chi connectivity index (χ3n) is 3.37. The Labute approximate surface area is 113 Å². The van der Waals surface area contributed by atoms with Gasteiger partial charge >= 0.3 is 0 Å². The molecule has 0 saturated heterocycles. The molecule has 1 atom stereocenters. The summed E-state index contributed by atoms with van der Waals surface area (Å²) in [4.78, 5) is 2.12. The molecule has 3 heteroatoms. The molecule has 0 heterocycles. The fraction of sp³-hybridized carbons (Fsp3) is 0.250. The van der Waals surface area contributed by atoms with Gasteiger partial charge in [-0.05, 0) is 48.4 Å². The van der Waals surface area contributed by atoms with E-state index in [9.17, 15) is 9.50 Å². The van der Waals surface area contributed by atoms with E-state index >= 15 is 0 Å². The summed E-state index contributed by atoms with van der Waals surface area (Å²) in [5, 5.41) is 9.34. The zero-order valence-corrected chi connectivity index (χ0v) is 11.2. The van der Waals surface area contributed by atoms with Gasteiger partial charge in [-0.15, -0.1) is 0 Å². The normalized spacial score (nSPS) is 12.2. The maximum Gasteiger partial charge on any atom is 0.123 e. The lowest BCUT2D eigenvalue weighted by Gasteiger charge is -2.29. The van der Waals surface area contributed by atoms with Gasteiger partial charge in [-0.25, -0.2) is 4.39 Å². The summed E-state index contributed by atoms with van der Waals surface area (Å²) >= 11 is 0. The van der Waals surface area contributed by atoms with Crippen molar-refractivity contribution in [3.63, 3.8) is 0 Å². The summed E-state index contributed by atoms with van der Waals surface area (Å²) in [6.45, 7) is 2.11. The Morgan fingerprint density at radius 1 is 1.05 bits per heavy atom. The summed E-state index contributed by atoms with van der Waals surface area (Å²) in [6, 6.07) is 13.9. The first-order chi connectivity index (χ1) is 9.11. The third kappa shape index (κ3) is 3.05. The van der Waals surface area contributed by atoms with Crippen LogP contribution >= 0.6 is 0 Å². The monoisotopic (exact) mass is 259 g/mol. The zero-order chi connectivity index (χ0) is 13.8.